The van der Waals surface area contributed by atoms with Crippen LogP contribution in [0.1, 0.15) is 5.56 Å². The Morgan fingerprint density at radius 2 is 1.78 bits per heavy atom. The van der Waals surface area contributed by atoms with Crippen molar-refractivity contribution in [3.8, 4) is 34.5 Å². The van der Waals surface area contributed by atoms with E-state index in [9.17, 15) is 10.4 Å². The van der Waals surface area contributed by atoms with Crippen LogP contribution in [-0.2, 0) is 0 Å². The molecule has 6 heteroatoms. The van der Waals surface area contributed by atoms with Gasteiger partial charge in [0.15, 0.2) is 0 Å². The molecule has 1 N–H and O–H groups in total. The maximum Gasteiger partial charge on any atom is 0.205 e. The maximum absolute atomic E-state index is 10.3. The molecule has 0 fully saturated rings. The molecule has 6 nitrogen and oxygen atoms in total. The molecule has 0 radical (unpaired) electrons. The average Bonchev–Trinajstić information content (AvgIpc) is 3.33. The van der Waals surface area contributed by atoms with Crippen LogP contribution in [0.3, 0.4) is 0 Å². The minimum atomic E-state index is 0.132. The first kappa shape index (κ1) is 19.6. The molecule has 0 aliphatic carbocycles. The van der Waals surface area contributed by atoms with Crippen LogP contribution in [0.2, 0.25) is 0 Å². The van der Waals surface area contributed by atoms with Gasteiger partial charge in [-0.1, -0.05) is 18.2 Å². The number of aromatic hydroxyl groups is 1. The lowest BCUT2D eigenvalue weighted by Crippen LogP contribution is -2.09. The minimum absolute atomic E-state index is 0.132. The summed E-state index contributed by atoms with van der Waals surface area (Å²) in [7, 11) is 5.41. The summed E-state index contributed by atoms with van der Waals surface area (Å²) < 4.78 is 13.7. The standard InChI is InChI=1S/C26H21N3O3/c1-28(2)26-24(20-13-17(30)9-12-23(20)32-26)25-21(15-27)19-11-10-18(31-3)14-22(19)29(25)16-7-5-4-6-8-16/h4-14,30H,1-3H3. The van der Waals surface area contributed by atoms with E-state index in [1.165, 1.54) is 0 Å². The van der Waals surface area contributed by atoms with E-state index in [2.05, 4.69) is 10.6 Å². The van der Waals surface area contributed by atoms with Crippen LogP contribution < -0.4 is 9.64 Å². The molecule has 5 rings (SSSR count). The van der Waals surface area contributed by atoms with Gasteiger partial charge in [0.05, 0.1) is 29.4 Å². The Bertz CT molecular complexity index is 1500. The first-order valence-electron chi connectivity index (χ1n) is 10.1. The van der Waals surface area contributed by atoms with E-state index >= 15 is 0 Å². The van der Waals surface area contributed by atoms with Crippen molar-refractivity contribution in [2.24, 2.45) is 0 Å². The molecule has 0 bridgehead atoms. The molecule has 0 unspecified atom stereocenters. The molecule has 0 aliphatic heterocycles. The number of fused-ring (bicyclic) bond motifs is 2. The van der Waals surface area contributed by atoms with Crippen molar-refractivity contribution in [2.45, 2.75) is 0 Å². The Morgan fingerprint density at radius 3 is 2.47 bits per heavy atom. The predicted molar refractivity (Wildman–Crippen MR) is 126 cm³/mol. The number of hydrogen-bond donors (Lipinski definition) is 1. The van der Waals surface area contributed by atoms with Crippen LogP contribution in [-0.4, -0.2) is 30.9 Å². The van der Waals surface area contributed by atoms with Crippen molar-refractivity contribution in [1.29, 1.82) is 5.26 Å². The summed E-state index contributed by atoms with van der Waals surface area (Å²) in [4.78, 5) is 1.88. The lowest BCUT2D eigenvalue weighted by molar-refractivity contribution is 0.415. The van der Waals surface area contributed by atoms with E-state index in [4.69, 9.17) is 9.15 Å². The number of para-hydroxylation sites is 1. The highest BCUT2D eigenvalue weighted by atomic mass is 16.5. The van der Waals surface area contributed by atoms with Gasteiger partial charge in [0.2, 0.25) is 5.88 Å². The SMILES string of the molecule is COc1ccc2c(C#N)c(-c3c(N(C)C)oc4ccc(O)cc34)n(-c3ccccc3)c2c1. The topological polar surface area (TPSA) is 74.6 Å². The third kappa shape index (κ3) is 2.87. The molecule has 0 amide bonds. The molecular weight excluding hydrogens is 402 g/mol. The van der Waals surface area contributed by atoms with E-state index in [1.807, 2.05) is 67.5 Å². The molecule has 2 aromatic heterocycles. The van der Waals surface area contributed by atoms with E-state index in [1.54, 1.807) is 25.3 Å². The second-order valence-corrected chi connectivity index (χ2v) is 7.75. The van der Waals surface area contributed by atoms with Crippen LogP contribution in [0.25, 0.3) is 38.8 Å². The van der Waals surface area contributed by atoms with Crippen molar-refractivity contribution in [3.63, 3.8) is 0 Å². The molecule has 2 heterocycles. The Balaban J connectivity index is 2.02. The average molecular weight is 423 g/mol. The number of furan rings is 1. The van der Waals surface area contributed by atoms with Crippen molar-refractivity contribution < 1.29 is 14.3 Å². The minimum Gasteiger partial charge on any atom is -0.508 e. The molecule has 5 aromatic rings. The van der Waals surface area contributed by atoms with Crippen LogP contribution in [0, 0.1) is 11.3 Å². The highest BCUT2D eigenvalue weighted by molar-refractivity contribution is 6.07. The first-order chi connectivity index (χ1) is 15.5. The fourth-order valence-corrected chi connectivity index (χ4v) is 4.21. The summed E-state index contributed by atoms with van der Waals surface area (Å²) in [5, 5.41) is 22.0. The summed E-state index contributed by atoms with van der Waals surface area (Å²) in [6.07, 6.45) is 0. The molecule has 0 aliphatic rings. The molecule has 32 heavy (non-hydrogen) atoms. The first-order valence-corrected chi connectivity index (χ1v) is 10.1. The Morgan fingerprint density at radius 1 is 1.00 bits per heavy atom. The summed E-state index contributed by atoms with van der Waals surface area (Å²) in [6, 6.07) is 23.0. The number of hydrogen-bond acceptors (Lipinski definition) is 5. The second kappa shape index (κ2) is 7.40. The highest BCUT2D eigenvalue weighted by Gasteiger charge is 2.27. The number of methoxy groups -OCH3 is 1. The summed E-state index contributed by atoms with van der Waals surface area (Å²) in [6.45, 7) is 0. The van der Waals surface area contributed by atoms with Gasteiger partial charge in [-0.3, -0.25) is 0 Å². The van der Waals surface area contributed by atoms with E-state index in [0.29, 0.717) is 28.5 Å². The largest absolute Gasteiger partial charge is 0.508 e. The molecular formula is C26H21N3O3. The Kier molecular flexibility index (Phi) is 4.53. The number of phenolic OH excluding ortho intramolecular Hbond substituents is 1. The molecule has 0 spiro atoms. The highest BCUT2D eigenvalue weighted by Crippen LogP contribution is 2.46. The fraction of sp³-hybridized carbons (Fsp3) is 0.115. The zero-order chi connectivity index (χ0) is 22.4. The summed E-state index contributed by atoms with van der Waals surface area (Å²) in [5.74, 6) is 1.44. The number of phenols is 1. The van der Waals surface area contributed by atoms with E-state index < -0.39 is 0 Å². The zero-order valence-corrected chi connectivity index (χ0v) is 18.0. The van der Waals surface area contributed by atoms with Gasteiger partial charge in [0.1, 0.15) is 23.2 Å². The lowest BCUT2D eigenvalue weighted by Gasteiger charge is -2.15. The number of anilines is 1. The summed E-state index contributed by atoms with van der Waals surface area (Å²) in [5.41, 5.74) is 4.36. The van der Waals surface area contributed by atoms with Crippen molar-refractivity contribution >= 4 is 27.8 Å². The fourth-order valence-electron chi connectivity index (χ4n) is 4.21. The number of rotatable bonds is 4. The third-order valence-corrected chi connectivity index (χ3v) is 5.60. The zero-order valence-electron chi connectivity index (χ0n) is 18.0. The monoisotopic (exact) mass is 423 g/mol. The Labute approximate surface area is 185 Å². The van der Waals surface area contributed by atoms with Gasteiger partial charge in [0, 0.05) is 36.6 Å². The number of benzene rings is 3. The smallest absolute Gasteiger partial charge is 0.205 e. The van der Waals surface area contributed by atoms with Gasteiger partial charge in [-0.15, -0.1) is 0 Å². The van der Waals surface area contributed by atoms with E-state index in [0.717, 1.165) is 27.5 Å². The quantitative estimate of drug-likeness (QED) is 0.402. The van der Waals surface area contributed by atoms with Crippen LogP contribution in [0.15, 0.2) is 71.1 Å². The van der Waals surface area contributed by atoms with Gasteiger partial charge in [-0.05, 0) is 42.5 Å². The van der Waals surface area contributed by atoms with Crippen LogP contribution >= 0.6 is 0 Å². The molecule has 0 saturated heterocycles. The number of nitriles is 1. The van der Waals surface area contributed by atoms with Gasteiger partial charge in [-0.25, -0.2) is 0 Å². The van der Waals surface area contributed by atoms with Crippen molar-refractivity contribution in [1.82, 2.24) is 4.57 Å². The van der Waals surface area contributed by atoms with Crippen molar-refractivity contribution in [3.05, 3.63) is 72.3 Å². The predicted octanol–water partition coefficient (Wildman–Crippen LogP) is 5.70. The number of nitrogens with zero attached hydrogens (tertiary/aromatic N) is 3. The summed E-state index contributed by atoms with van der Waals surface area (Å²) >= 11 is 0. The maximum atomic E-state index is 10.3. The van der Waals surface area contributed by atoms with Gasteiger partial charge >= 0.3 is 0 Å². The van der Waals surface area contributed by atoms with Gasteiger partial charge < -0.3 is 23.7 Å². The van der Waals surface area contributed by atoms with Gasteiger partial charge in [0.25, 0.3) is 0 Å². The molecule has 158 valence electrons. The van der Waals surface area contributed by atoms with E-state index in [-0.39, 0.29) is 5.75 Å². The lowest BCUT2D eigenvalue weighted by atomic mass is 10.0. The molecule has 0 saturated carbocycles. The normalized spacial score (nSPS) is 11.1. The number of ether oxygens (including phenoxy) is 1. The molecule has 0 atom stereocenters. The Hall–Kier alpha value is -4.37. The molecule has 3 aromatic carbocycles. The van der Waals surface area contributed by atoms with Gasteiger partial charge in [-0.2, -0.15) is 5.26 Å². The number of aromatic nitrogens is 1. The van der Waals surface area contributed by atoms with Crippen molar-refractivity contribution in [2.75, 3.05) is 26.1 Å². The second-order valence-electron chi connectivity index (χ2n) is 7.75. The third-order valence-electron chi connectivity index (χ3n) is 5.60. The van der Waals surface area contributed by atoms with Crippen LogP contribution in [0.4, 0.5) is 5.88 Å². The van der Waals surface area contributed by atoms with Crippen LogP contribution in [0.5, 0.6) is 11.5 Å².